The molecule has 0 heterocycles. The van der Waals surface area contributed by atoms with E-state index in [1.54, 1.807) is 24.3 Å². The second-order valence-electron chi connectivity index (χ2n) is 3.12. The van der Waals surface area contributed by atoms with Gasteiger partial charge in [-0.25, -0.2) is 4.79 Å². The molecule has 0 aromatic heterocycles. The minimum absolute atomic E-state index is 0.0368. The first-order valence-electron chi connectivity index (χ1n) is 4.92. The van der Waals surface area contributed by atoms with Crippen molar-refractivity contribution in [3.8, 4) is 6.07 Å². The largest absolute Gasteiger partial charge is 0.396 e. The number of nitrogens with one attached hydrogen (secondary N) is 2. The highest BCUT2D eigenvalue weighted by Crippen LogP contribution is 2.12. The van der Waals surface area contributed by atoms with Crippen LogP contribution in [0.25, 0.3) is 0 Å². The summed E-state index contributed by atoms with van der Waals surface area (Å²) in [4.78, 5) is 11.3. The molecule has 84 valence electrons. The minimum Gasteiger partial charge on any atom is -0.396 e. The lowest BCUT2D eigenvalue weighted by Crippen LogP contribution is -2.30. The number of nitrogens with zero attached hydrogens (tertiary/aromatic N) is 1. The fourth-order valence-electron chi connectivity index (χ4n) is 1.14. The number of rotatable bonds is 4. The van der Waals surface area contributed by atoms with Crippen LogP contribution in [-0.4, -0.2) is 24.3 Å². The summed E-state index contributed by atoms with van der Waals surface area (Å²) < 4.78 is 0. The van der Waals surface area contributed by atoms with Crippen LogP contribution in [0.2, 0.25) is 0 Å². The number of nitriles is 1. The predicted molar refractivity (Wildman–Crippen MR) is 59.9 cm³/mol. The maximum absolute atomic E-state index is 11.3. The second kappa shape index (κ2) is 6.43. The van der Waals surface area contributed by atoms with Crippen molar-refractivity contribution in [3.63, 3.8) is 0 Å². The van der Waals surface area contributed by atoms with Gasteiger partial charge in [0.25, 0.3) is 0 Å². The van der Waals surface area contributed by atoms with Gasteiger partial charge in [0.05, 0.1) is 11.3 Å². The summed E-state index contributed by atoms with van der Waals surface area (Å²) in [6.45, 7) is 0.437. The maximum atomic E-state index is 11.3. The Morgan fingerprint density at radius 1 is 1.44 bits per heavy atom. The lowest BCUT2D eigenvalue weighted by atomic mass is 10.2. The van der Waals surface area contributed by atoms with Crippen LogP contribution in [0.15, 0.2) is 24.3 Å². The van der Waals surface area contributed by atoms with Crippen molar-refractivity contribution in [1.29, 1.82) is 5.26 Å². The number of aliphatic hydroxyl groups is 1. The Bertz CT molecular complexity index is 398. The Balaban J connectivity index is 2.53. The molecule has 0 aliphatic rings. The Morgan fingerprint density at radius 2 is 2.19 bits per heavy atom. The van der Waals surface area contributed by atoms with Crippen LogP contribution in [0.4, 0.5) is 10.5 Å². The van der Waals surface area contributed by atoms with E-state index in [-0.39, 0.29) is 12.6 Å². The normalized spacial score (nSPS) is 9.25. The van der Waals surface area contributed by atoms with Crippen molar-refractivity contribution < 1.29 is 9.90 Å². The van der Waals surface area contributed by atoms with Crippen molar-refractivity contribution in [2.75, 3.05) is 18.5 Å². The number of carbonyl (C=O) groups is 1. The van der Waals surface area contributed by atoms with E-state index in [0.29, 0.717) is 24.2 Å². The number of benzene rings is 1. The molecule has 0 atom stereocenters. The van der Waals surface area contributed by atoms with E-state index in [1.165, 1.54) is 0 Å². The highest BCUT2D eigenvalue weighted by atomic mass is 16.3. The average Bonchev–Trinajstić information content (AvgIpc) is 2.30. The summed E-state index contributed by atoms with van der Waals surface area (Å²) >= 11 is 0. The lowest BCUT2D eigenvalue weighted by Gasteiger charge is -2.07. The van der Waals surface area contributed by atoms with Crippen molar-refractivity contribution in [2.45, 2.75) is 6.42 Å². The molecule has 0 radical (unpaired) electrons. The first-order chi connectivity index (χ1) is 7.77. The van der Waals surface area contributed by atoms with E-state index in [4.69, 9.17) is 10.4 Å². The van der Waals surface area contributed by atoms with Crippen LogP contribution in [-0.2, 0) is 0 Å². The van der Waals surface area contributed by atoms with E-state index in [0.717, 1.165) is 0 Å². The van der Waals surface area contributed by atoms with Crippen molar-refractivity contribution >= 4 is 11.7 Å². The summed E-state index contributed by atoms with van der Waals surface area (Å²) in [7, 11) is 0. The molecule has 0 saturated carbocycles. The molecule has 0 aliphatic heterocycles. The Hall–Kier alpha value is -2.06. The van der Waals surface area contributed by atoms with Crippen LogP contribution in [0.3, 0.4) is 0 Å². The van der Waals surface area contributed by atoms with Crippen molar-refractivity contribution in [2.24, 2.45) is 0 Å². The number of aliphatic hydroxyl groups excluding tert-OH is 1. The van der Waals surface area contributed by atoms with Gasteiger partial charge >= 0.3 is 6.03 Å². The Morgan fingerprint density at radius 3 is 2.88 bits per heavy atom. The van der Waals surface area contributed by atoms with E-state index < -0.39 is 0 Å². The third kappa shape index (κ3) is 3.59. The van der Waals surface area contributed by atoms with Crippen molar-refractivity contribution in [3.05, 3.63) is 29.8 Å². The number of anilines is 1. The number of hydrogen-bond donors (Lipinski definition) is 3. The molecule has 0 saturated heterocycles. The first-order valence-corrected chi connectivity index (χ1v) is 4.92. The van der Waals surface area contributed by atoms with Gasteiger partial charge in [-0.05, 0) is 18.6 Å². The van der Waals surface area contributed by atoms with Crippen LogP contribution in [0.5, 0.6) is 0 Å². The lowest BCUT2D eigenvalue weighted by molar-refractivity contribution is 0.249. The summed E-state index contributed by atoms with van der Waals surface area (Å²) in [6, 6.07) is 8.36. The summed E-state index contributed by atoms with van der Waals surface area (Å²) in [5.41, 5.74) is 0.895. The molecule has 0 unspecified atom stereocenters. The van der Waals surface area contributed by atoms with Gasteiger partial charge in [0.15, 0.2) is 0 Å². The topological polar surface area (TPSA) is 85.2 Å². The van der Waals surface area contributed by atoms with Gasteiger partial charge in [0, 0.05) is 13.2 Å². The number of para-hydroxylation sites is 1. The monoisotopic (exact) mass is 219 g/mol. The smallest absolute Gasteiger partial charge is 0.319 e. The standard InChI is InChI=1S/C11H13N3O2/c12-8-9-4-1-2-5-10(9)14-11(16)13-6-3-7-15/h1-2,4-5,15H,3,6-7H2,(H2,13,14,16). The van der Waals surface area contributed by atoms with Gasteiger partial charge in [-0.1, -0.05) is 12.1 Å². The minimum atomic E-state index is -0.379. The molecule has 1 rings (SSSR count). The molecule has 5 nitrogen and oxygen atoms in total. The number of hydrogen-bond acceptors (Lipinski definition) is 3. The zero-order valence-corrected chi connectivity index (χ0v) is 8.73. The fourth-order valence-corrected chi connectivity index (χ4v) is 1.14. The van der Waals surface area contributed by atoms with E-state index in [9.17, 15) is 4.79 Å². The van der Waals surface area contributed by atoms with Crippen LogP contribution in [0.1, 0.15) is 12.0 Å². The molecule has 3 N–H and O–H groups in total. The molecule has 1 aromatic rings. The molecule has 0 bridgehead atoms. The van der Waals surface area contributed by atoms with Gasteiger partial charge in [0.2, 0.25) is 0 Å². The molecule has 16 heavy (non-hydrogen) atoms. The van der Waals surface area contributed by atoms with Crippen molar-refractivity contribution in [1.82, 2.24) is 5.32 Å². The molecule has 0 aliphatic carbocycles. The first kappa shape index (κ1) is 12.0. The van der Waals surface area contributed by atoms with E-state index in [2.05, 4.69) is 10.6 Å². The van der Waals surface area contributed by atoms with Gasteiger partial charge < -0.3 is 15.7 Å². The number of carbonyl (C=O) groups excluding carboxylic acids is 1. The number of urea groups is 1. The van der Waals surface area contributed by atoms with Gasteiger partial charge in [-0.3, -0.25) is 0 Å². The molecule has 0 spiro atoms. The van der Waals surface area contributed by atoms with E-state index in [1.807, 2.05) is 6.07 Å². The second-order valence-corrected chi connectivity index (χ2v) is 3.12. The van der Waals surface area contributed by atoms with Crippen LogP contribution in [0, 0.1) is 11.3 Å². The highest BCUT2D eigenvalue weighted by molar-refractivity contribution is 5.90. The molecule has 0 fully saturated rings. The average molecular weight is 219 g/mol. The zero-order chi connectivity index (χ0) is 11.8. The maximum Gasteiger partial charge on any atom is 0.319 e. The quantitative estimate of drug-likeness (QED) is 0.662. The molecule has 5 heteroatoms. The van der Waals surface area contributed by atoms with E-state index >= 15 is 0 Å². The molecule has 2 amide bonds. The van der Waals surface area contributed by atoms with Gasteiger partial charge in [0.1, 0.15) is 6.07 Å². The Kier molecular flexibility index (Phi) is 4.83. The van der Waals surface area contributed by atoms with Crippen LogP contribution < -0.4 is 10.6 Å². The summed E-state index contributed by atoms with van der Waals surface area (Å²) in [6.07, 6.45) is 0.507. The van der Waals surface area contributed by atoms with Gasteiger partial charge in [-0.2, -0.15) is 5.26 Å². The van der Waals surface area contributed by atoms with Gasteiger partial charge in [-0.15, -0.1) is 0 Å². The highest BCUT2D eigenvalue weighted by Gasteiger charge is 2.04. The predicted octanol–water partition coefficient (Wildman–Crippen LogP) is 1.06. The number of amides is 2. The SMILES string of the molecule is N#Cc1ccccc1NC(=O)NCCCO. The summed E-state index contributed by atoms with van der Waals surface area (Å²) in [5.74, 6) is 0. The fraction of sp³-hybridized carbons (Fsp3) is 0.273. The third-order valence-corrected chi connectivity index (χ3v) is 1.92. The van der Waals surface area contributed by atoms with Crippen LogP contribution >= 0.6 is 0 Å². The molecular weight excluding hydrogens is 206 g/mol. The molecular formula is C11H13N3O2. The Labute approximate surface area is 93.7 Å². The third-order valence-electron chi connectivity index (χ3n) is 1.92. The summed E-state index contributed by atoms with van der Waals surface area (Å²) in [5, 5.41) is 22.5. The molecule has 1 aromatic carbocycles. The zero-order valence-electron chi connectivity index (χ0n) is 8.73.